The molecule has 0 atom stereocenters. The molecule has 1 aromatic rings. The zero-order valence-electron chi connectivity index (χ0n) is 15.2. The molecule has 23 heavy (non-hydrogen) atoms. The Bertz CT molecular complexity index is 482. The van der Waals surface area contributed by atoms with Gasteiger partial charge in [0.1, 0.15) is 0 Å². The lowest BCUT2D eigenvalue weighted by Gasteiger charge is -2.50. The first-order valence-corrected chi connectivity index (χ1v) is 12.9. The molecule has 0 bridgehead atoms. The van der Waals surface area contributed by atoms with Crippen LogP contribution in [-0.4, -0.2) is 32.4 Å². The molecule has 1 aliphatic heterocycles. The summed E-state index contributed by atoms with van der Waals surface area (Å²) in [6.07, 6.45) is 9.73. The first-order chi connectivity index (χ1) is 11.0. The average Bonchev–Trinajstić information content (AvgIpc) is 2.55. The molecule has 1 saturated heterocycles. The highest BCUT2D eigenvalue weighted by Crippen LogP contribution is 2.43. The molecule has 128 valence electrons. The molecule has 2 aliphatic rings. The fourth-order valence-corrected chi connectivity index (χ4v) is 5.81. The van der Waals surface area contributed by atoms with Crippen LogP contribution >= 0.6 is 0 Å². The Kier molecular flexibility index (Phi) is 5.29. The zero-order valence-corrected chi connectivity index (χ0v) is 16.2. The summed E-state index contributed by atoms with van der Waals surface area (Å²) in [4.78, 5) is 2.80. The molecule has 3 rings (SSSR count). The van der Waals surface area contributed by atoms with Gasteiger partial charge in [-0.15, -0.1) is 0 Å². The van der Waals surface area contributed by atoms with E-state index in [1.54, 1.807) is 5.56 Å². The highest BCUT2D eigenvalue weighted by molar-refractivity contribution is 6.69. The number of nitrogens with zero attached hydrogens (tertiary/aromatic N) is 1. The van der Waals surface area contributed by atoms with E-state index in [0.717, 1.165) is 0 Å². The molecule has 0 unspecified atom stereocenters. The van der Waals surface area contributed by atoms with Crippen molar-refractivity contribution in [3.8, 4) is 0 Å². The molecule has 0 radical (unpaired) electrons. The van der Waals surface area contributed by atoms with Crippen LogP contribution in [0.5, 0.6) is 0 Å². The van der Waals surface area contributed by atoms with Crippen molar-refractivity contribution in [2.75, 3.05) is 13.1 Å². The molecule has 2 nitrogen and oxygen atoms in total. The first-order valence-electron chi connectivity index (χ1n) is 9.48. The molecule has 0 N–H and O–H groups in total. The first kappa shape index (κ1) is 17.2. The van der Waals surface area contributed by atoms with E-state index in [1.807, 2.05) is 0 Å². The van der Waals surface area contributed by atoms with Gasteiger partial charge in [0.05, 0.1) is 0 Å². The number of likely N-dealkylation sites (tertiary alicyclic amines) is 1. The fourth-order valence-electron chi connectivity index (χ4n) is 4.57. The predicted octanol–water partition coefficient (Wildman–Crippen LogP) is 5.16. The van der Waals surface area contributed by atoms with E-state index >= 15 is 0 Å². The largest absolute Gasteiger partial charge is 0.415 e. The van der Waals surface area contributed by atoms with E-state index in [0.29, 0.717) is 11.6 Å². The van der Waals surface area contributed by atoms with Crippen LogP contribution in [-0.2, 0) is 9.96 Å². The Morgan fingerprint density at radius 1 is 0.957 bits per heavy atom. The summed E-state index contributed by atoms with van der Waals surface area (Å²) in [5.74, 6) is 0. The van der Waals surface area contributed by atoms with Crippen LogP contribution in [0.3, 0.4) is 0 Å². The minimum atomic E-state index is -1.41. The quantitative estimate of drug-likeness (QED) is 0.706. The van der Waals surface area contributed by atoms with Crippen LogP contribution in [0.15, 0.2) is 30.3 Å². The van der Waals surface area contributed by atoms with Crippen molar-refractivity contribution in [1.29, 1.82) is 0 Å². The third-order valence-corrected chi connectivity index (χ3v) is 6.60. The van der Waals surface area contributed by atoms with Gasteiger partial charge in [-0.3, -0.25) is 4.90 Å². The molecule has 0 amide bonds. The molecular weight excluding hydrogens is 298 g/mol. The second kappa shape index (κ2) is 7.08. The van der Waals surface area contributed by atoms with Gasteiger partial charge in [-0.2, -0.15) is 0 Å². The monoisotopic (exact) mass is 331 g/mol. The molecule has 2 fully saturated rings. The lowest BCUT2D eigenvalue weighted by molar-refractivity contribution is -0.00304. The van der Waals surface area contributed by atoms with E-state index < -0.39 is 8.32 Å². The van der Waals surface area contributed by atoms with Crippen LogP contribution in [0.2, 0.25) is 19.6 Å². The topological polar surface area (TPSA) is 12.5 Å². The van der Waals surface area contributed by atoms with Crippen LogP contribution in [0.1, 0.15) is 50.5 Å². The maximum atomic E-state index is 6.37. The molecule has 0 spiro atoms. The molecule has 1 aliphatic carbocycles. The summed E-state index contributed by atoms with van der Waals surface area (Å²) in [6.45, 7) is 9.33. The van der Waals surface area contributed by atoms with Gasteiger partial charge in [0.15, 0.2) is 8.32 Å². The number of benzene rings is 1. The van der Waals surface area contributed by atoms with Gasteiger partial charge in [-0.25, -0.2) is 0 Å². The second-order valence-corrected chi connectivity index (χ2v) is 12.8. The minimum absolute atomic E-state index is 0.295. The Hall–Kier alpha value is -0.643. The van der Waals surface area contributed by atoms with E-state index in [2.05, 4.69) is 54.9 Å². The van der Waals surface area contributed by atoms with Crippen LogP contribution in [0, 0.1) is 0 Å². The van der Waals surface area contributed by atoms with Gasteiger partial charge in [-0.1, -0.05) is 49.6 Å². The Morgan fingerprint density at radius 3 is 2.13 bits per heavy atom. The summed E-state index contributed by atoms with van der Waals surface area (Å²) in [5, 5.41) is 0. The van der Waals surface area contributed by atoms with Crippen molar-refractivity contribution in [2.45, 2.75) is 76.2 Å². The number of hydrogen-bond acceptors (Lipinski definition) is 2. The third kappa shape index (κ3) is 4.07. The van der Waals surface area contributed by atoms with Crippen molar-refractivity contribution in [2.24, 2.45) is 0 Å². The molecule has 1 aromatic carbocycles. The maximum absolute atomic E-state index is 6.37. The normalized spacial score (nSPS) is 23.8. The molecule has 0 aromatic heterocycles. The van der Waals surface area contributed by atoms with Gasteiger partial charge >= 0.3 is 0 Å². The van der Waals surface area contributed by atoms with E-state index in [-0.39, 0.29) is 0 Å². The average molecular weight is 332 g/mol. The summed E-state index contributed by atoms with van der Waals surface area (Å²) >= 11 is 0. The number of hydrogen-bond donors (Lipinski definition) is 0. The Labute approximate surface area is 143 Å². The molecule has 3 heteroatoms. The minimum Gasteiger partial charge on any atom is -0.415 e. The molecule has 1 saturated carbocycles. The summed E-state index contributed by atoms with van der Waals surface area (Å²) in [7, 11) is -1.41. The highest BCUT2D eigenvalue weighted by Gasteiger charge is 2.41. The number of rotatable bonds is 4. The lowest BCUT2D eigenvalue weighted by atomic mass is 9.74. The zero-order chi connectivity index (χ0) is 16.3. The van der Waals surface area contributed by atoms with Gasteiger partial charge in [0, 0.05) is 24.7 Å². The Morgan fingerprint density at radius 2 is 1.57 bits per heavy atom. The standard InChI is InChI=1S/C20H33NOSi/c1-23(2,3)22-19-12-16-21(17-13-19)20(14-8-5-9-15-20)18-10-6-4-7-11-18/h4,6-7,10-11,19H,5,8-9,12-17H2,1-3H3. The maximum Gasteiger partial charge on any atom is 0.184 e. The highest BCUT2D eigenvalue weighted by atomic mass is 28.4. The molecular formula is C20H33NOSi. The van der Waals surface area contributed by atoms with Crippen molar-refractivity contribution in [3.63, 3.8) is 0 Å². The van der Waals surface area contributed by atoms with Gasteiger partial charge in [0.2, 0.25) is 0 Å². The summed E-state index contributed by atoms with van der Waals surface area (Å²) < 4.78 is 6.37. The molecule has 1 heterocycles. The second-order valence-electron chi connectivity index (χ2n) is 8.37. The van der Waals surface area contributed by atoms with Crippen molar-refractivity contribution >= 4 is 8.32 Å². The van der Waals surface area contributed by atoms with E-state index in [9.17, 15) is 0 Å². The van der Waals surface area contributed by atoms with Gasteiger partial charge in [-0.05, 0) is 50.9 Å². The smallest absolute Gasteiger partial charge is 0.184 e. The van der Waals surface area contributed by atoms with Crippen molar-refractivity contribution < 1.29 is 4.43 Å². The summed E-state index contributed by atoms with van der Waals surface area (Å²) in [5.41, 5.74) is 1.84. The van der Waals surface area contributed by atoms with E-state index in [4.69, 9.17) is 4.43 Å². The SMILES string of the molecule is C[Si](C)(C)OC1CCN(C2(c3ccccc3)CCCCC2)CC1. The summed E-state index contributed by atoms with van der Waals surface area (Å²) in [6, 6.07) is 11.3. The van der Waals surface area contributed by atoms with Crippen LogP contribution in [0.25, 0.3) is 0 Å². The predicted molar refractivity (Wildman–Crippen MR) is 100 cm³/mol. The van der Waals surface area contributed by atoms with Crippen LogP contribution in [0.4, 0.5) is 0 Å². The third-order valence-electron chi connectivity index (χ3n) is 5.56. The van der Waals surface area contributed by atoms with Gasteiger partial charge < -0.3 is 4.43 Å². The lowest BCUT2D eigenvalue weighted by Crippen LogP contribution is -2.52. The van der Waals surface area contributed by atoms with Crippen LogP contribution < -0.4 is 0 Å². The number of piperidine rings is 1. The van der Waals surface area contributed by atoms with Crippen molar-refractivity contribution in [3.05, 3.63) is 35.9 Å². The fraction of sp³-hybridized carbons (Fsp3) is 0.700. The van der Waals surface area contributed by atoms with Crippen molar-refractivity contribution in [1.82, 2.24) is 4.90 Å². The van der Waals surface area contributed by atoms with Gasteiger partial charge in [0.25, 0.3) is 0 Å². The Balaban J connectivity index is 1.73. The van der Waals surface area contributed by atoms with E-state index in [1.165, 1.54) is 58.0 Å².